The molecule has 1 heterocycles. The number of rotatable bonds is 1. The molecule has 1 saturated heterocycles. The van der Waals surface area contributed by atoms with E-state index in [1.807, 2.05) is 24.3 Å². The molecule has 2 fully saturated rings. The van der Waals surface area contributed by atoms with Gasteiger partial charge in [-0.25, -0.2) is 0 Å². The number of anilines is 1. The third kappa shape index (κ3) is 2.12. The fourth-order valence-electron chi connectivity index (χ4n) is 3.23. The predicted molar refractivity (Wildman–Crippen MR) is 76.6 cm³/mol. The maximum absolute atomic E-state index is 12.5. The van der Waals surface area contributed by atoms with Crippen LogP contribution in [0.2, 0.25) is 0 Å². The van der Waals surface area contributed by atoms with E-state index in [2.05, 4.69) is 22.9 Å². The van der Waals surface area contributed by atoms with Crippen LogP contribution in [0, 0.1) is 17.8 Å². The van der Waals surface area contributed by atoms with Crippen molar-refractivity contribution in [1.29, 1.82) is 0 Å². The largest absolute Gasteiger partial charge is 0.274 e. The molecular weight excluding hydrogens is 306 g/mol. The molecule has 100 valence electrons. The molecule has 0 aromatic heterocycles. The van der Waals surface area contributed by atoms with Crippen LogP contribution in [-0.2, 0) is 9.59 Å². The Morgan fingerprint density at radius 2 is 1.68 bits per heavy atom. The van der Waals surface area contributed by atoms with E-state index in [1.165, 1.54) is 4.90 Å². The Labute approximate surface area is 121 Å². The molecule has 0 unspecified atom stereocenters. The second-order valence-corrected chi connectivity index (χ2v) is 6.54. The minimum atomic E-state index is -0.0973. The number of carbonyl (C=O) groups is 2. The van der Waals surface area contributed by atoms with Gasteiger partial charge in [0.2, 0.25) is 11.8 Å². The van der Waals surface area contributed by atoms with Crippen molar-refractivity contribution in [1.82, 2.24) is 0 Å². The summed E-state index contributed by atoms with van der Waals surface area (Å²) >= 11 is 3.36. The van der Waals surface area contributed by atoms with Gasteiger partial charge in [0.1, 0.15) is 0 Å². The Morgan fingerprint density at radius 3 is 2.37 bits per heavy atom. The maximum atomic E-state index is 12.5. The number of nitrogens with zero attached hydrogens (tertiary/aromatic N) is 1. The van der Waals surface area contributed by atoms with Crippen LogP contribution in [0.1, 0.15) is 26.2 Å². The van der Waals surface area contributed by atoms with Crippen molar-refractivity contribution in [3.8, 4) is 0 Å². The van der Waals surface area contributed by atoms with Crippen LogP contribution in [0.4, 0.5) is 5.69 Å². The van der Waals surface area contributed by atoms with Crippen molar-refractivity contribution in [3.05, 3.63) is 28.7 Å². The predicted octanol–water partition coefficient (Wildman–Crippen LogP) is 3.37. The highest BCUT2D eigenvalue weighted by Crippen LogP contribution is 2.42. The summed E-state index contributed by atoms with van der Waals surface area (Å²) in [5.41, 5.74) is 0.695. The van der Waals surface area contributed by atoms with Gasteiger partial charge in [0.05, 0.1) is 17.5 Å². The minimum absolute atomic E-state index is 0.00998. The number of carbonyl (C=O) groups excluding carboxylic acids is 2. The second kappa shape index (κ2) is 4.75. The van der Waals surface area contributed by atoms with Gasteiger partial charge in [0.25, 0.3) is 0 Å². The van der Waals surface area contributed by atoms with E-state index < -0.39 is 0 Å². The summed E-state index contributed by atoms with van der Waals surface area (Å²) < 4.78 is 0.946. The molecule has 1 aliphatic heterocycles. The van der Waals surface area contributed by atoms with Gasteiger partial charge in [-0.1, -0.05) is 22.9 Å². The van der Waals surface area contributed by atoms with Crippen molar-refractivity contribution in [2.45, 2.75) is 26.2 Å². The first-order valence-electron chi connectivity index (χ1n) is 6.71. The van der Waals surface area contributed by atoms with Gasteiger partial charge < -0.3 is 0 Å². The van der Waals surface area contributed by atoms with Crippen LogP contribution in [0.25, 0.3) is 0 Å². The average Bonchev–Trinajstić information content (AvgIpc) is 2.63. The Kier molecular flexibility index (Phi) is 3.21. The van der Waals surface area contributed by atoms with Crippen LogP contribution < -0.4 is 4.90 Å². The highest BCUT2D eigenvalue weighted by Gasteiger charge is 2.49. The third-order valence-corrected chi connectivity index (χ3v) is 4.80. The van der Waals surface area contributed by atoms with Crippen LogP contribution in [0.5, 0.6) is 0 Å². The fraction of sp³-hybridized carbons (Fsp3) is 0.467. The Balaban J connectivity index is 1.93. The quantitative estimate of drug-likeness (QED) is 0.744. The lowest BCUT2D eigenvalue weighted by Crippen LogP contribution is -2.30. The smallest absolute Gasteiger partial charge is 0.237 e. The van der Waals surface area contributed by atoms with Crippen LogP contribution in [-0.4, -0.2) is 11.8 Å². The molecule has 0 spiro atoms. The summed E-state index contributed by atoms with van der Waals surface area (Å²) in [5, 5.41) is 0. The summed E-state index contributed by atoms with van der Waals surface area (Å²) in [5.74, 6) is 0.336. The SMILES string of the molecule is C[C@@H]1CC[C@@H]2C(=O)N(c3ccc(Br)cc3)C(=O)[C@@H]2C1. The number of amides is 2. The van der Waals surface area contributed by atoms with Gasteiger partial charge in [0, 0.05) is 4.47 Å². The summed E-state index contributed by atoms with van der Waals surface area (Å²) in [7, 11) is 0. The Hall–Kier alpha value is -1.16. The van der Waals surface area contributed by atoms with E-state index in [-0.39, 0.29) is 23.7 Å². The maximum Gasteiger partial charge on any atom is 0.237 e. The van der Waals surface area contributed by atoms with Gasteiger partial charge in [0.15, 0.2) is 0 Å². The normalized spacial score (nSPS) is 30.6. The van der Waals surface area contributed by atoms with Gasteiger partial charge in [-0.05, 0) is 49.4 Å². The van der Waals surface area contributed by atoms with Crippen molar-refractivity contribution < 1.29 is 9.59 Å². The highest BCUT2D eigenvalue weighted by molar-refractivity contribution is 9.10. The molecule has 3 rings (SSSR count). The van der Waals surface area contributed by atoms with Crippen LogP contribution in [0.3, 0.4) is 0 Å². The first-order chi connectivity index (χ1) is 9.08. The lowest BCUT2D eigenvalue weighted by atomic mass is 9.76. The molecule has 4 heteroatoms. The molecule has 2 amide bonds. The molecule has 1 saturated carbocycles. The molecular formula is C15H16BrNO2. The van der Waals surface area contributed by atoms with E-state index in [0.29, 0.717) is 11.6 Å². The number of fused-ring (bicyclic) bond motifs is 1. The lowest BCUT2D eigenvalue weighted by Gasteiger charge is -2.25. The zero-order chi connectivity index (χ0) is 13.6. The Morgan fingerprint density at radius 1 is 1.05 bits per heavy atom. The number of hydrogen-bond donors (Lipinski definition) is 0. The molecule has 1 aliphatic carbocycles. The van der Waals surface area contributed by atoms with Crippen molar-refractivity contribution in [2.75, 3.05) is 4.90 Å². The van der Waals surface area contributed by atoms with E-state index in [9.17, 15) is 9.59 Å². The number of hydrogen-bond acceptors (Lipinski definition) is 2. The van der Waals surface area contributed by atoms with E-state index in [4.69, 9.17) is 0 Å². The molecule has 3 nitrogen and oxygen atoms in total. The monoisotopic (exact) mass is 321 g/mol. The average molecular weight is 322 g/mol. The first-order valence-corrected chi connectivity index (χ1v) is 7.50. The summed E-state index contributed by atoms with van der Waals surface area (Å²) in [4.78, 5) is 26.3. The third-order valence-electron chi connectivity index (χ3n) is 4.27. The summed E-state index contributed by atoms with van der Waals surface area (Å²) in [6, 6.07) is 7.36. The molecule has 1 aromatic rings. The van der Waals surface area contributed by atoms with Crippen LogP contribution in [0.15, 0.2) is 28.7 Å². The fourth-order valence-corrected chi connectivity index (χ4v) is 3.50. The van der Waals surface area contributed by atoms with Gasteiger partial charge in [-0.2, -0.15) is 0 Å². The van der Waals surface area contributed by atoms with Gasteiger partial charge in [-0.15, -0.1) is 0 Å². The molecule has 0 bridgehead atoms. The van der Waals surface area contributed by atoms with E-state index >= 15 is 0 Å². The summed E-state index contributed by atoms with van der Waals surface area (Å²) in [6.45, 7) is 2.16. The molecule has 0 N–H and O–H groups in total. The topological polar surface area (TPSA) is 37.4 Å². The van der Waals surface area contributed by atoms with E-state index in [1.54, 1.807) is 0 Å². The molecule has 3 atom stereocenters. The van der Waals surface area contributed by atoms with E-state index in [0.717, 1.165) is 23.7 Å². The molecule has 19 heavy (non-hydrogen) atoms. The zero-order valence-electron chi connectivity index (χ0n) is 10.8. The second-order valence-electron chi connectivity index (χ2n) is 5.62. The molecule has 2 aliphatic rings. The molecule has 1 aromatic carbocycles. The van der Waals surface area contributed by atoms with Crippen molar-refractivity contribution >= 4 is 33.4 Å². The first kappa shape index (κ1) is 12.9. The number of imide groups is 1. The lowest BCUT2D eigenvalue weighted by molar-refractivity contribution is -0.122. The summed E-state index contributed by atoms with van der Waals surface area (Å²) in [6.07, 6.45) is 2.75. The highest BCUT2D eigenvalue weighted by atomic mass is 79.9. The molecule has 0 radical (unpaired) electrons. The minimum Gasteiger partial charge on any atom is -0.274 e. The Bertz CT molecular complexity index is 525. The van der Waals surface area contributed by atoms with Crippen molar-refractivity contribution in [3.63, 3.8) is 0 Å². The number of benzene rings is 1. The van der Waals surface area contributed by atoms with Crippen molar-refractivity contribution in [2.24, 2.45) is 17.8 Å². The number of halogens is 1. The van der Waals surface area contributed by atoms with Gasteiger partial charge in [-0.3, -0.25) is 14.5 Å². The van der Waals surface area contributed by atoms with Gasteiger partial charge >= 0.3 is 0 Å². The van der Waals surface area contributed by atoms with Crippen LogP contribution >= 0.6 is 15.9 Å². The zero-order valence-corrected chi connectivity index (χ0v) is 12.4. The standard InChI is InChI=1S/C15H16BrNO2/c1-9-2-7-12-13(8-9)15(19)17(14(12)18)11-5-3-10(16)4-6-11/h3-6,9,12-13H,2,7-8H2,1H3/t9-,12+,13-/m1/s1.